The number of nitriles is 2. The van der Waals surface area contributed by atoms with Gasteiger partial charge in [-0.2, -0.15) is 10.5 Å². The predicted molar refractivity (Wildman–Crippen MR) is 225 cm³/mol. The number of fused-ring (bicyclic) bond motifs is 15. The van der Waals surface area contributed by atoms with Crippen LogP contribution < -0.4 is 0 Å². The van der Waals surface area contributed by atoms with E-state index in [4.69, 9.17) is 0 Å². The molecule has 9 aromatic carbocycles. The summed E-state index contributed by atoms with van der Waals surface area (Å²) in [6, 6.07) is 65.6. The standard InChI is InChI=1S/C53H30N2/c54-31-33-13-17-35(18-14-33)39-25-23-37-21-22-38-24-26-40(36-19-15-34(32-55)16-20-36)28-51(38)53(50(37)27-39)49-12-6-5-11-45(49)48-29-46-43-9-3-1-7-41(43)42-8-2-4-10-44(42)47(46)30-52(48)53/h1-30H. The first-order valence-corrected chi connectivity index (χ1v) is 18.6. The molecule has 2 aliphatic rings. The summed E-state index contributed by atoms with van der Waals surface area (Å²) in [5, 5.41) is 26.6. The van der Waals surface area contributed by atoms with Crippen LogP contribution in [-0.2, 0) is 5.41 Å². The SMILES string of the molecule is N#Cc1ccc(-c2ccc3c(c2)C2(c4cc(-c5ccc(C#N)cc5)ccc4C=C3)c3ccccc3-c3cc4c5ccccc5c5ccccc5c4cc32)cc1. The van der Waals surface area contributed by atoms with Crippen molar-refractivity contribution in [3.05, 3.63) is 214 Å². The van der Waals surface area contributed by atoms with Gasteiger partial charge in [0.15, 0.2) is 0 Å². The van der Waals surface area contributed by atoms with Crippen molar-refractivity contribution < 1.29 is 0 Å². The second-order valence-corrected chi connectivity index (χ2v) is 14.6. The van der Waals surface area contributed by atoms with Gasteiger partial charge < -0.3 is 0 Å². The lowest BCUT2D eigenvalue weighted by Crippen LogP contribution is -2.30. The van der Waals surface area contributed by atoms with Gasteiger partial charge >= 0.3 is 0 Å². The highest BCUT2D eigenvalue weighted by Crippen LogP contribution is 2.60. The van der Waals surface area contributed by atoms with Crippen LogP contribution in [0.5, 0.6) is 0 Å². The Balaban J connectivity index is 1.30. The van der Waals surface area contributed by atoms with Gasteiger partial charge in [0, 0.05) is 0 Å². The van der Waals surface area contributed by atoms with Crippen molar-refractivity contribution in [1.82, 2.24) is 0 Å². The van der Waals surface area contributed by atoms with Crippen LogP contribution in [0.4, 0.5) is 0 Å². The van der Waals surface area contributed by atoms with Crippen LogP contribution in [0.15, 0.2) is 170 Å². The van der Waals surface area contributed by atoms with Gasteiger partial charge in [0.25, 0.3) is 0 Å². The molecule has 0 atom stereocenters. The van der Waals surface area contributed by atoms with Crippen LogP contribution in [-0.4, -0.2) is 0 Å². The van der Waals surface area contributed by atoms with E-state index in [1.54, 1.807) is 0 Å². The minimum Gasteiger partial charge on any atom is -0.192 e. The summed E-state index contributed by atoms with van der Waals surface area (Å²) in [5.41, 5.74) is 14.7. The molecule has 0 fully saturated rings. The van der Waals surface area contributed by atoms with E-state index in [9.17, 15) is 10.5 Å². The predicted octanol–water partition coefficient (Wildman–Crippen LogP) is 13.1. The van der Waals surface area contributed by atoms with E-state index in [2.05, 4.69) is 170 Å². The highest BCUT2D eigenvalue weighted by atomic mass is 14.5. The highest BCUT2D eigenvalue weighted by Gasteiger charge is 2.49. The normalized spacial score (nSPS) is 13.1. The first-order chi connectivity index (χ1) is 27.1. The Morgan fingerprint density at radius 2 is 0.764 bits per heavy atom. The minimum absolute atomic E-state index is 0.646. The number of nitrogens with zero attached hydrogens (tertiary/aromatic N) is 2. The van der Waals surface area contributed by atoms with Gasteiger partial charge in [-0.3, -0.25) is 0 Å². The molecule has 0 heterocycles. The second kappa shape index (κ2) is 11.7. The minimum atomic E-state index is -0.674. The molecule has 0 saturated heterocycles. The van der Waals surface area contributed by atoms with Crippen molar-refractivity contribution in [2.24, 2.45) is 0 Å². The van der Waals surface area contributed by atoms with Crippen molar-refractivity contribution in [1.29, 1.82) is 10.5 Å². The third kappa shape index (κ3) is 4.41. The molecule has 1 spiro atoms. The van der Waals surface area contributed by atoms with Crippen molar-refractivity contribution in [2.75, 3.05) is 0 Å². The van der Waals surface area contributed by atoms with Gasteiger partial charge in [-0.05, 0) is 148 Å². The summed E-state index contributed by atoms with van der Waals surface area (Å²) < 4.78 is 0. The van der Waals surface area contributed by atoms with Gasteiger partial charge in [0.2, 0.25) is 0 Å². The molecule has 0 amide bonds. The van der Waals surface area contributed by atoms with Gasteiger partial charge in [-0.25, -0.2) is 0 Å². The van der Waals surface area contributed by atoms with E-state index >= 15 is 0 Å². The average Bonchev–Trinajstić information content (AvgIpc) is 3.46. The summed E-state index contributed by atoms with van der Waals surface area (Å²) in [7, 11) is 0. The molecule has 0 N–H and O–H groups in total. The summed E-state index contributed by atoms with van der Waals surface area (Å²) in [6.45, 7) is 0. The summed E-state index contributed by atoms with van der Waals surface area (Å²) in [5.74, 6) is 0. The number of benzene rings is 9. The molecule has 0 unspecified atom stereocenters. The zero-order chi connectivity index (χ0) is 36.7. The number of hydrogen-bond acceptors (Lipinski definition) is 2. The van der Waals surface area contributed by atoms with Crippen molar-refractivity contribution in [3.8, 4) is 45.5 Å². The quantitative estimate of drug-likeness (QED) is 0.169. The molecule has 252 valence electrons. The molecular weight excluding hydrogens is 665 g/mol. The van der Waals surface area contributed by atoms with Crippen molar-refractivity contribution in [2.45, 2.75) is 5.41 Å². The monoisotopic (exact) mass is 694 g/mol. The molecule has 0 aliphatic heterocycles. The van der Waals surface area contributed by atoms with E-state index in [1.165, 1.54) is 76.8 Å². The topological polar surface area (TPSA) is 47.6 Å². The lowest BCUT2D eigenvalue weighted by molar-refractivity contribution is 0.768. The van der Waals surface area contributed by atoms with E-state index in [0.717, 1.165) is 22.3 Å². The van der Waals surface area contributed by atoms with Crippen molar-refractivity contribution >= 4 is 44.5 Å². The molecule has 55 heavy (non-hydrogen) atoms. The fourth-order valence-corrected chi connectivity index (χ4v) is 9.47. The lowest BCUT2D eigenvalue weighted by Gasteiger charge is -2.36. The Hall–Kier alpha value is -7.52. The number of hydrogen-bond donors (Lipinski definition) is 0. The van der Waals surface area contributed by atoms with Gasteiger partial charge in [0.05, 0.1) is 28.7 Å². The van der Waals surface area contributed by atoms with E-state index < -0.39 is 5.41 Å². The molecule has 11 rings (SSSR count). The highest BCUT2D eigenvalue weighted by molar-refractivity contribution is 6.26. The third-order valence-corrected chi connectivity index (χ3v) is 12.0. The summed E-state index contributed by atoms with van der Waals surface area (Å²) in [6.07, 6.45) is 4.55. The van der Waals surface area contributed by atoms with E-state index in [-0.39, 0.29) is 0 Å². The number of rotatable bonds is 2. The molecular formula is C53H30N2. The smallest absolute Gasteiger partial charge is 0.0991 e. The lowest BCUT2D eigenvalue weighted by atomic mass is 9.65. The Morgan fingerprint density at radius 1 is 0.327 bits per heavy atom. The fourth-order valence-electron chi connectivity index (χ4n) is 9.47. The Labute approximate surface area is 319 Å². The maximum Gasteiger partial charge on any atom is 0.0991 e. The van der Waals surface area contributed by atoms with E-state index in [0.29, 0.717) is 11.1 Å². The zero-order valence-corrected chi connectivity index (χ0v) is 29.7. The molecule has 2 heteroatoms. The Morgan fingerprint density at radius 3 is 1.27 bits per heavy atom. The molecule has 2 aliphatic carbocycles. The zero-order valence-electron chi connectivity index (χ0n) is 29.7. The molecule has 9 aromatic rings. The van der Waals surface area contributed by atoms with Gasteiger partial charge in [-0.15, -0.1) is 0 Å². The Bertz CT molecular complexity index is 3090. The van der Waals surface area contributed by atoms with E-state index in [1.807, 2.05) is 24.3 Å². The third-order valence-electron chi connectivity index (χ3n) is 12.0. The van der Waals surface area contributed by atoms with Crippen molar-refractivity contribution in [3.63, 3.8) is 0 Å². The summed E-state index contributed by atoms with van der Waals surface area (Å²) >= 11 is 0. The van der Waals surface area contributed by atoms with Crippen LogP contribution >= 0.6 is 0 Å². The molecule has 2 nitrogen and oxygen atoms in total. The maximum atomic E-state index is 9.57. The fraction of sp³-hybridized carbons (Fsp3) is 0.0189. The van der Waals surface area contributed by atoms with Gasteiger partial charge in [0.1, 0.15) is 0 Å². The van der Waals surface area contributed by atoms with Crippen LogP contribution in [0, 0.1) is 22.7 Å². The van der Waals surface area contributed by atoms with Crippen LogP contribution in [0.25, 0.3) is 77.9 Å². The largest absolute Gasteiger partial charge is 0.192 e. The molecule has 0 aromatic heterocycles. The second-order valence-electron chi connectivity index (χ2n) is 14.6. The first-order valence-electron chi connectivity index (χ1n) is 18.6. The first kappa shape index (κ1) is 31.0. The van der Waals surface area contributed by atoms with Crippen LogP contribution in [0.2, 0.25) is 0 Å². The molecule has 0 bridgehead atoms. The molecule has 0 radical (unpaired) electrons. The maximum absolute atomic E-state index is 9.57. The molecule has 0 saturated carbocycles. The summed E-state index contributed by atoms with van der Waals surface area (Å²) in [4.78, 5) is 0. The average molecular weight is 695 g/mol. The van der Waals surface area contributed by atoms with Crippen LogP contribution in [0.3, 0.4) is 0 Å². The van der Waals surface area contributed by atoms with Crippen LogP contribution in [0.1, 0.15) is 44.5 Å². The Kier molecular flexibility index (Phi) is 6.63. The van der Waals surface area contributed by atoms with Gasteiger partial charge in [-0.1, -0.05) is 133 Å².